The first kappa shape index (κ1) is 15.0. The largest absolute Gasteiger partial charge is 0.379 e. The Morgan fingerprint density at radius 1 is 1.26 bits per heavy atom. The summed E-state index contributed by atoms with van der Waals surface area (Å²) in [5, 5.41) is 3.58. The van der Waals surface area contributed by atoms with Gasteiger partial charge in [0.1, 0.15) is 0 Å². The predicted octanol–water partition coefficient (Wildman–Crippen LogP) is 2.82. The van der Waals surface area contributed by atoms with Crippen LogP contribution in [0, 0.1) is 0 Å². The summed E-state index contributed by atoms with van der Waals surface area (Å²) in [4.78, 5) is 2.49. The van der Waals surface area contributed by atoms with Crippen LogP contribution in [-0.4, -0.2) is 44.3 Å². The summed E-state index contributed by atoms with van der Waals surface area (Å²) in [5.41, 5.74) is 1.37. The van der Waals surface area contributed by atoms with Crippen molar-refractivity contribution in [2.24, 2.45) is 0 Å². The highest BCUT2D eigenvalue weighted by Crippen LogP contribution is 2.20. The Morgan fingerprint density at radius 3 is 2.58 bits per heavy atom. The van der Waals surface area contributed by atoms with Gasteiger partial charge in [0.25, 0.3) is 0 Å². The lowest BCUT2D eigenvalue weighted by Crippen LogP contribution is -2.38. The van der Waals surface area contributed by atoms with E-state index in [1.165, 1.54) is 5.56 Å². The van der Waals surface area contributed by atoms with Crippen molar-refractivity contribution in [1.82, 2.24) is 10.2 Å². The molecule has 0 amide bonds. The Bertz CT molecular complexity index is 363. The number of nitrogens with one attached hydrogen (secondary N) is 1. The van der Waals surface area contributed by atoms with Crippen molar-refractivity contribution < 1.29 is 4.74 Å². The second-order valence-electron chi connectivity index (χ2n) is 4.90. The summed E-state index contributed by atoms with van der Waals surface area (Å²) in [5.74, 6) is 0. The maximum atomic E-state index is 5.39. The van der Waals surface area contributed by atoms with Crippen molar-refractivity contribution in [1.29, 1.82) is 0 Å². The van der Waals surface area contributed by atoms with Gasteiger partial charge in [0.15, 0.2) is 0 Å². The van der Waals surface area contributed by atoms with E-state index >= 15 is 0 Å². The van der Waals surface area contributed by atoms with Crippen LogP contribution >= 0.6 is 15.9 Å². The summed E-state index contributed by atoms with van der Waals surface area (Å²) < 4.78 is 6.53. The maximum absolute atomic E-state index is 5.39. The van der Waals surface area contributed by atoms with Gasteiger partial charge in [-0.15, -0.1) is 0 Å². The normalized spacial score (nSPS) is 18.4. The molecule has 0 saturated carbocycles. The van der Waals surface area contributed by atoms with E-state index in [1.807, 2.05) is 0 Å². The SMILES string of the molecule is CCNC(CCN1CCOCC1)c1ccc(Br)cc1. The number of morpholine rings is 1. The minimum absolute atomic E-state index is 0.445. The lowest BCUT2D eigenvalue weighted by Gasteiger charge is -2.28. The van der Waals surface area contributed by atoms with Crippen LogP contribution in [0.15, 0.2) is 28.7 Å². The van der Waals surface area contributed by atoms with E-state index in [4.69, 9.17) is 4.74 Å². The number of hydrogen-bond acceptors (Lipinski definition) is 3. The molecule has 1 aliphatic rings. The van der Waals surface area contributed by atoms with E-state index in [2.05, 4.69) is 57.3 Å². The highest BCUT2D eigenvalue weighted by molar-refractivity contribution is 9.10. The molecule has 3 nitrogen and oxygen atoms in total. The van der Waals surface area contributed by atoms with E-state index in [-0.39, 0.29) is 0 Å². The Hall–Kier alpha value is -0.420. The quantitative estimate of drug-likeness (QED) is 0.870. The van der Waals surface area contributed by atoms with Gasteiger partial charge in [-0.05, 0) is 30.7 Å². The van der Waals surface area contributed by atoms with Crippen molar-refractivity contribution >= 4 is 15.9 Å². The summed E-state index contributed by atoms with van der Waals surface area (Å²) >= 11 is 3.49. The van der Waals surface area contributed by atoms with Gasteiger partial charge in [0, 0.05) is 30.1 Å². The van der Waals surface area contributed by atoms with E-state index in [1.54, 1.807) is 0 Å². The molecule has 0 spiro atoms. The van der Waals surface area contributed by atoms with E-state index in [0.717, 1.165) is 50.3 Å². The van der Waals surface area contributed by atoms with Gasteiger partial charge in [0.05, 0.1) is 13.2 Å². The molecule has 19 heavy (non-hydrogen) atoms. The topological polar surface area (TPSA) is 24.5 Å². The highest BCUT2D eigenvalue weighted by Gasteiger charge is 2.14. The van der Waals surface area contributed by atoms with Gasteiger partial charge in [-0.3, -0.25) is 4.90 Å². The second-order valence-corrected chi connectivity index (χ2v) is 5.82. The predicted molar refractivity (Wildman–Crippen MR) is 82.4 cm³/mol. The van der Waals surface area contributed by atoms with Gasteiger partial charge in [-0.2, -0.15) is 0 Å². The molecule has 1 aliphatic heterocycles. The monoisotopic (exact) mass is 326 g/mol. The summed E-state index contributed by atoms with van der Waals surface area (Å²) in [6.45, 7) is 8.20. The molecule has 1 unspecified atom stereocenters. The zero-order valence-corrected chi connectivity index (χ0v) is 13.2. The molecular formula is C15H23BrN2O. The fourth-order valence-corrected chi connectivity index (χ4v) is 2.73. The van der Waals surface area contributed by atoms with E-state index in [9.17, 15) is 0 Å². The summed E-state index contributed by atoms with van der Waals surface area (Å²) in [7, 11) is 0. The summed E-state index contributed by atoms with van der Waals surface area (Å²) in [6, 6.07) is 9.09. The number of ether oxygens (including phenoxy) is 1. The molecule has 1 saturated heterocycles. The molecule has 106 valence electrons. The van der Waals surface area contributed by atoms with Gasteiger partial charge < -0.3 is 10.1 Å². The first-order valence-corrected chi connectivity index (χ1v) is 7.88. The molecule has 2 rings (SSSR count). The molecule has 1 atom stereocenters. The third-order valence-corrected chi connectivity index (χ3v) is 4.09. The number of halogens is 1. The zero-order chi connectivity index (χ0) is 13.5. The smallest absolute Gasteiger partial charge is 0.0594 e. The van der Waals surface area contributed by atoms with Gasteiger partial charge in [-0.1, -0.05) is 35.0 Å². The van der Waals surface area contributed by atoms with Crippen molar-refractivity contribution in [2.45, 2.75) is 19.4 Å². The van der Waals surface area contributed by atoms with Gasteiger partial charge >= 0.3 is 0 Å². The Balaban J connectivity index is 1.89. The van der Waals surface area contributed by atoms with Crippen LogP contribution in [0.25, 0.3) is 0 Å². The molecule has 0 aliphatic carbocycles. The van der Waals surface area contributed by atoms with Crippen LogP contribution in [0.5, 0.6) is 0 Å². The minimum atomic E-state index is 0.445. The van der Waals surface area contributed by atoms with Crippen molar-refractivity contribution in [3.05, 3.63) is 34.3 Å². The molecule has 1 heterocycles. The Kier molecular flexibility index (Phi) is 6.31. The maximum Gasteiger partial charge on any atom is 0.0594 e. The standard InChI is InChI=1S/C15H23BrN2O/c1-2-17-15(13-3-5-14(16)6-4-13)7-8-18-9-11-19-12-10-18/h3-6,15,17H,2,7-12H2,1H3. The van der Waals surface area contributed by atoms with Gasteiger partial charge in [0.2, 0.25) is 0 Å². The number of benzene rings is 1. The van der Waals surface area contributed by atoms with E-state index < -0.39 is 0 Å². The molecular weight excluding hydrogens is 304 g/mol. The van der Waals surface area contributed by atoms with Crippen molar-refractivity contribution in [3.8, 4) is 0 Å². The third-order valence-electron chi connectivity index (χ3n) is 3.56. The first-order valence-electron chi connectivity index (χ1n) is 7.08. The first-order chi connectivity index (χ1) is 9.29. The zero-order valence-electron chi connectivity index (χ0n) is 11.6. The van der Waals surface area contributed by atoms with Crippen molar-refractivity contribution in [2.75, 3.05) is 39.4 Å². The Labute approximate surface area is 124 Å². The highest BCUT2D eigenvalue weighted by atomic mass is 79.9. The van der Waals surface area contributed by atoms with Crippen LogP contribution in [0.4, 0.5) is 0 Å². The van der Waals surface area contributed by atoms with Crippen molar-refractivity contribution in [3.63, 3.8) is 0 Å². The average Bonchev–Trinajstić information content (AvgIpc) is 2.46. The number of rotatable bonds is 6. The van der Waals surface area contributed by atoms with Crippen LogP contribution in [0.2, 0.25) is 0 Å². The molecule has 1 N–H and O–H groups in total. The molecule has 1 fully saturated rings. The minimum Gasteiger partial charge on any atom is -0.379 e. The molecule has 1 aromatic rings. The van der Waals surface area contributed by atoms with E-state index in [0.29, 0.717) is 6.04 Å². The molecule has 0 radical (unpaired) electrons. The fraction of sp³-hybridized carbons (Fsp3) is 0.600. The average molecular weight is 327 g/mol. The fourth-order valence-electron chi connectivity index (χ4n) is 2.46. The number of nitrogens with zero attached hydrogens (tertiary/aromatic N) is 1. The van der Waals surface area contributed by atoms with Crippen LogP contribution < -0.4 is 5.32 Å². The second kappa shape index (κ2) is 8.00. The lowest BCUT2D eigenvalue weighted by atomic mass is 10.0. The molecule has 4 heteroatoms. The number of hydrogen-bond donors (Lipinski definition) is 1. The summed E-state index contributed by atoms with van der Waals surface area (Å²) in [6.07, 6.45) is 1.15. The molecule has 0 bridgehead atoms. The van der Waals surface area contributed by atoms with Gasteiger partial charge in [-0.25, -0.2) is 0 Å². The van der Waals surface area contributed by atoms with Crippen LogP contribution in [0.3, 0.4) is 0 Å². The third kappa shape index (κ3) is 4.88. The lowest BCUT2D eigenvalue weighted by molar-refractivity contribution is 0.0361. The molecule has 1 aromatic carbocycles. The molecule has 0 aromatic heterocycles. The van der Waals surface area contributed by atoms with Crippen LogP contribution in [0.1, 0.15) is 24.9 Å². The van der Waals surface area contributed by atoms with Crippen LogP contribution in [-0.2, 0) is 4.74 Å². The Morgan fingerprint density at radius 2 is 1.95 bits per heavy atom.